The van der Waals surface area contributed by atoms with Gasteiger partial charge < -0.3 is 4.90 Å². The van der Waals surface area contributed by atoms with Gasteiger partial charge in [-0.05, 0) is 37.5 Å². The third kappa shape index (κ3) is 2.24. The molecule has 0 N–H and O–H groups in total. The molecular formula is C12H13ClN2. The maximum atomic E-state index is 9.04. The van der Waals surface area contributed by atoms with Gasteiger partial charge in [0, 0.05) is 18.1 Å². The first-order chi connectivity index (χ1) is 7.31. The SMILES string of the molecule is N#Cc1cc(Cl)ccc1N1CCCCC1. The second kappa shape index (κ2) is 4.55. The number of benzene rings is 1. The topological polar surface area (TPSA) is 27.0 Å². The Labute approximate surface area is 95.1 Å². The monoisotopic (exact) mass is 220 g/mol. The molecule has 0 bridgehead atoms. The standard InChI is InChI=1S/C12H13ClN2/c13-11-4-5-12(10(8-11)9-14)15-6-2-1-3-7-15/h4-5,8H,1-3,6-7H2. The van der Waals surface area contributed by atoms with Crippen LogP contribution < -0.4 is 4.90 Å². The van der Waals surface area contributed by atoms with Gasteiger partial charge in [-0.15, -0.1) is 0 Å². The third-order valence-electron chi connectivity index (χ3n) is 2.78. The highest BCUT2D eigenvalue weighted by atomic mass is 35.5. The second-order valence-electron chi connectivity index (χ2n) is 3.82. The summed E-state index contributed by atoms with van der Waals surface area (Å²) in [4.78, 5) is 2.28. The number of rotatable bonds is 1. The molecule has 2 nitrogen and oxygen atoms in total. The van der Waals surface area contributed by atoms with E-state index in [1.807, 2.05) is 12.1 Å². The molecule has 1 aromatic carbocycles. The first-order valence-electron chi connectivity index (χ1n) is 5.26. The molecule has 0 saturated carbocycles. The fourth-order valence-corrected chi connectivity index (χ4v) is 2.18. The number of hydrogen-bond donors (Lipinski definition) is 0. The fraction of sp³-hybridized carbons (Fsp3) is 0.417. The molecule has 0 amide bonds. The Bertz CT molecular complexity index is 389. The number of nitriles is 1. The van der Waals surface area contributed by atoms with Gasteiger partial charge in [-0.1, -0.05) is 11.6 Å². The lowest BCUT2D eigenvalue weighted by atomic mass is 10.1. The summed E-state index contributed by atoms with van der Waals surface area (Å²) in [5, 5.41) is 9.67. The van der Waals surface area contributed by atoms with Crippen molar-refractivity contribution in [3.63, 3.8) is 0 Å². The molecule has 0 aromatic heterocycles. The van der Waals surface area contributed by atoms with E-state index in [1.165, 1.54) is 19.3 Å². The molecule has 1 aromatic rings. The molecule has 2 rings (SSSR count). The summed E-state index contributed by atoms with van der Waals surface area (Å²) in [6.07, 6.45) is 3.73. The third-order valence-corrected chi connectivity index (χ3v) is 3.01. The Morgan fingerprint density at radius 3 is 2.60 bits per heavy atom. The van der Waals surface area contributed by atoms with Crippen molar-refractivity contribution in [2.45, 2.75) is 19.3 Å². The number of nitrogens with zero attached hydrogens (tertiary/aromatic N) is 2. The molecule has 0 radical (unpaired) electrons. The minimum absolute atomic E-state index is 0.632. The minimum atomic E-state index is 0.632. The van der Waals surface area contributed by atoms with Gasteiger partial charge in [-0.25, -0.2) is 0 Å². The lowest BCUT2D eigenvalue weighted by Crippen LogP contribution is -2.29. The van der Waals surface area contributed by atoms with Crippen molar-refractivity contribution in [1.29, 1.82) is 5.26 Å². The lowest BCUT2D eigenvalue weighted by Gasteiger charge is -2.29. The average molecular weight is 221 g/mol. The maximum Gasteiger partial charge on any atom is 0.101 e. The average Bonchev–Trinajstić information content (AvgIpc) is 2.30. The van der Waals surface area contributed by atoms with Crippen LogP contribution in [0.25, 0.3) is 0 Å². The molecule has 0 spiro atoms. The van der Waals surface area contributed by atoms with Crippen LogP contribution in [0.5, 0.6) is 0 Å². The van der Waals surface area contributed by atoms with Crippen molar-refractivity contribution in [3.8, 4) is 6.07 Å². The summed E-state index contributed by atoms with van der Waals surface area (Å²) in [6.45, 7) is 2.10. The van der Waals surface area contributed by atoms with Crippen LogP contribution in [0.3, 0.4) is 0 Å². The van der Waals surface area contributed by atoms with Crippen LogP contribution in [0, 0.1) is 11.3 Å². The summed E-state index contributed by atoms with van der Waals surface area (Å²) in [5.41, 5.74) is 1.71. The van der Waals surface area contributed by atoms with Gasteiger partial charge in [0.1, 0.15) is 6.07 Å². The maximum absolute atomic E-state index is 9.04. The summed E-state index contributed by atoms with van der Waals surface area (Å²) in [6, 6.07) is 7.75. The molecule has 78 valence electrons. The Kier molecular flexibility index (Phi) is 3.13. The minimum Gasteiger partial charge on any atom is -0.370 e. The Morgan fingerprint density at radius 2 is 1.93 bits per heavy atom. The Balaban J connectivity index is 2.30. The van der Waals surface area contributed by atoms with Crippen LogP contribution >= 0.6 is 11.6 Å². The summed E-state index contributed by atoms with van der Waals surface area (Å²) in [7, 11) is 0. The smallest absolute Gasteiger partial charge is 0.101 e. The molecular weight excluding hydrogens is 208 g/mol. The van der Waals surface area contributed by atoms with E-state index in [0.29, 0.717) is 10.6 Å². The largest absolute Gasteiger partial charge is 0.370 e. The highest BCUT2D eigenvalue weighted by Gasteiger charge is 2.14. The Hall–Kier alpha value is -1.20. The van der Waals surface area contributed by atoms with E-state index < -0.39 is 0 Å². The van der Waals surface area contributed by atoms with Gasteiger partial charge in [0.15, 0.2) is 0 Å². The van der Waals surface area contributed by atoms with E-state index in [1.54, 1.807) is 6.07 Å². The van der Waals surface area contributed by atoms with Gasteiger partial charge in [0.2, 0.25) is 0 Å². The van der Waals surface area contributed by atoms with Crippen LogP contribution in [0.4, 0.5) is 5.69 Å². The molecule has 1 saturated heterocycles. The molecule has 1 aliphatic rings. The molecule has 1 aliphatic heterocycles. The lowest BCUT2D eigenvalue weighted by molar-refractivity contribution is 0.577. The molecule has 0 atom stereocenters. The van der Waals surface area contributed by atoms with Crippen molar-refractivity contribution >= 4 is 17.3 Å². The van der Waals surface area contributed by atoms with Gasteiger partial charge in [-0.3, -0.25) is 0 Å². The van der Waals surface area contributed by atoms with Gasteiger partial charge >= 0.3 is 0 Å². The number of anilines is 1. The predicted octanol–water partition coefficient (Wildman–Crippen LogP) is 3.20. The van der Waals surface area contributed by atoms with Crippen molar-refractivity contribution < 1.29 is 0 Å². The van der Waals surface area contributed by atoms with E-state index in [0.717, 1.165) is 18.8 Å². The molecule has 3 heteroatoms. The van der Waals surface area contributed by atoms with E-state index in [-0.39, 0.29) is 0 Å². The van der Waals surface area contributed by atoms with Crippen LogP contribution in [-0.2, 0) is 0 Å². The van der Waals surface area contributed by atoms with Gasteiger partial charge in [0.05, 0.1) is 11.3 Å². The first-order valence-corrected chi connectivity index (χ1v) is 5.63. The number of halogens is 1. The normalized spacial score (nSPS) is 16.1. The zero-order chi connectivity index (χ0) is 10.7. The molecule has 0 unspecified atom stereocenters. The van der Waals surface area contributed by atoms with E-state index in [9.17, 15) is 0 Å². The summed E-state index contributed by atoms with van der Waals surface area (Å²) < 4.78 is 0. The van der Waals surface area contributed by atoms with E-state index >= 15 is 0 Å². The van der Waals surface area contributed by atoms with Gasteiger partial charge in [-0.2, -0.15) is 5.26 Å². The van der Waals surface area contributed by atoms with Crippen LogP contribution in [0.1, 0.15) is 24.8 Å². The fourth-order valence-electron chi connectivity index (χ4n) is 2.01. The van der Waals surface area contributed by atoms with Crippen molar-refractivity contribution in [2.24, 2.45) is 0 Å². The molecule has 1 heterocycles. The highest BCUT2D eigenvalue weighted by Crippen LogP contribution is 2.26. The molecule has 1 fully saturated rings. The van der Waals surface area contributed by atoms with E-state index in [2.05, 4.69) is 11.0 Å². The molecule has 15 heavy (non-hydrogen) atoms. The van der Waals surface area contributed by atoms with Crippen LogP contribution in [-0.4, -0.2) is 13.1 Å². The summed E-state index contributed by atoms with van der Waals surface area (Å²) in [5.74, 6) is 0. The Morgan fingerprint density at radius 1 is 1.20 bits per heavy atom. The molecule has 0 aliphatic carbocycles. The first kappa shape index (κ1) is 10.3. The second-order valence-corrected chi connectivity index (χ2v) is 4.26. The number of hydrogen-bond acceptors (Lipinski definition) is 2. The van der Waals surface area contributed by atoms with Crippen molar-refractivity contribution in [2.75, 3.05) is 18.0 Å². The van der Waals surface area contributed by atoms with Crippen LogP contribution in [0.2, 0.25) is 5.02 Å². The zero-order valence-electron chi connectivity index (χ0n) is 8.54. The van der Waals surface area contributed by atoms with E-state index in [4.69, 9.17) is 16.9 Å². The van der Waals surface area contributed by atoms with Gasteiger partial charge in [0.25, 0.3) is 0 Å². The summed E-state index contributed by atoms with van der Waals surface area (Å²) >= 11 is 5.86. The predicted molar refractivity (Wildman–Crippen MR) is 62.2 cm³/mol. The zero-order valence-corrected chi connectivity index (χ0v) is 9.30. The number of piperidine rings is 1. The highest BCUT2D eigenvalue weighted by molar-refractivity contribution is 6.30. The quantitative estimate of drug-likeness (QED) is 0.727. The van der Waals surface area contributed by atoms with Crippen molar-refractivity contribution in [1.82, 2.24) is 0 Å². The van der Waals surface area contributed by atoms with Crippen molar-refractivity contribution in [3.05, 3.63) is 28.8 Å². The van der Waals surface area contributed by atoms with Crippen LogP contribution in [0.15, 0.2) is 18.2 Å².